The highest BCUT2D eigenvalue weighted by Gasteiger charge is 2.33. The standard InChI is InChI=1S/C14H21N3O3/c1-10-6-17(9-14(2,3)20-10)13(19)8-16-7-11(15)4-5-12(16)18/h4-5,7,10H,6,8-9,15H2,1-3H3. The molecule has 2 rings (SSSR count). The molecule has 1 aromatic heterocycles. The second-order valence-corrected chi connectivity index (χ2v) is 5.89. The first-order chi connectivity index (χ1) is 9.27. The Balaban J connectivity index is 2.12. The van der Waals surface area contributed by atoms with Crippen molar-refractivity contribution in [1.29, 1.82) is 0 Å². The number of rotatable bonds is 2. The van der Waals surface area contributed by atoms with Crippen LogP contribution in [0.15, 0.2) is 23.1 Å². The minimum Gasteiger partial charge on any atom is -0.398 e. The Bertz CT molecular complexity index is 565. The van der Waals surface area contributed by atoms with Crippen LogP contribution < -0.4 is 11.3 Å². The van der Waals surface area contributed by atoms with Crippen LogP contribution in [-0.4, -0.2) is 40.2 Å². The fourth-order valence-corrected chi connectivity index (χ4v) is 2.56. The van der Waals surface area contributed by atoms with Gasteiger partial charge in [0.2, 0.25) is 5.91 Å². The molecule has 1 aliphatic rings. The third-order valence-electron chi connectivity index (χ3n) is 3.23. The number of carbonyl (C=O) groups is 1. The summed E-state index contributed by atoms with van der Waals surface area (Å²) in [5, 5.41) is 0. The monoisotopic (exact) mass is 279 g/mol. The van der Waals surface area contributed by atoms with E-state index in [4.69, 9.17) is 10.5 Å². The van der Waals surface area contributed by atoms with Crippen LogP contribution >= 0.6 is 0 Å². The summed E-state index contributed by atoms with van der Waals surface area (Å²) in [7, 11) is 0. The Kier molecular flexibility index (Phi) is 3.85. The second-order valence-electron chi connectivity index (χ2n) is 5.89. The number of hydrogen-bond acceptors (Lipinski definition) is 4. The minimum atomic E-state index is -0.367. The third-order valence-corrected chi connectivity index (χ3v) is 3.23. The first-order valence-electron chi connectivity index (χ1n) is 6.68. The third kappa shape index (κ3) is 3.39. The molecular weight excluding hydrogens is 258 g/mol. The average molecular weight is 279 g/mol. The quantitative estimate of drug-likeness (QED) is 0.853. The molecule has 6 heteroatoms. The number of nitrogens with two attached hydrogens (primary N) is 1. The second kappa shape index (κ2) is 5.28. The Morgan fingerprint density at radius 1 is 1.50 bits per heavy atom. The van der Waals surface area contributed by atoms with Gasteiger partial charge >= 0.3 is 0 Å². The van der Waals surface area contributed by atoms with Crippen LogP contribution in [0.1, 0.15) is 20.8 Å². The number of carbonyl (C=O) groups excluding carboxylic acids is 1. The smallest absolute Gasteiger partial charge is 0.251 e. The van der Waals surface area contributed by atoms with Crippen LogP contribution in [0.5, 0.6) is 0 Å². The SMILES string of the molecule is CC1CN(C(=O)Cn2cc(N)ccc2=O)CC(C)(C)O1. The lowest BCUT2D eigenvalue weighted by atomic mass is 10.1. The molecule has 1 atom stereocenters. The van der Waals surface area contributed by atoms with Crippen LogP contribution in [0.3, 0.4) is 0 Å². The van der Waals surface area contributed by atoms with Gasteiger partial charge in [-0.2, -0.15) is 0 Å². The molecule has 6 nitrogen and oxygen atoms in total. The van der Waals surface area contributed by atoms with Gasteiger partial charge in [0.1, 0.15) is 6.54 Å². The van der Waals surface area contributed by atoms with Crippen molar-refractivity contribution in [3.05, 3.63) is 28.7 Å². The highest BCUT2D eigenvalue weighted by Crippen LogP contribution is 2.20. The molecule has 0 aromatic carbocycles. The van der Waals surface area contributed by atoms with Crippen molar-refractivity contribution >= 4 is 11.6 Å². The van der Waals surface area contributed by atoms with E-state index in [2.05, 4.69) is 0 Å². The lowest BCUT2D eigenvalue weighted by Gasteiger charge is -2.41. The Hall–Kier alpha value is -1.82. The molecule has 2 heterocycles. The van der Waals surface area contributed by atoms with Crippen LogP contribution in [0, 0.1) is 0 Å². The molecule has 1 saturated heterocycles. The Morgan fingerprint density at radius 3 is 2.85 bits per heavy atom. The number of nitrogen functional groups attached to an aromatic ring is 1. The lowest BCUT2D eigenvalue weighted by Crippen LogP contribution is -2.54. The molecule has 0 bridgehead atoms. The van der Waals surface area contributed by atoms with Crippen molar-refractivity contribution in [3.8, 4) is 0 Å². The van der Waals surface area contributed by atoms with Crippen molar-refractivity contribution in [3.63, 3.8) is 0 Å². The van der Waals surface area contributed by atoms with E-state index in [9.17, 15) is 9.59 Å². The molecule has 1 amide bonds. The number of aromatic nitrogens is 1. The highest BCUT2D eigenvalue weighted by atomic mass is 16.5. The maximum atomic E-state index is 12.3. The minimum absolute atomic E-state index is 0.00662. The first kappa shape index (κ1) is 14.6. The Morgan fingerprint density at radius 2 is 2.20 bits per heavy atom. The normalized spacial score (nSPS) is 21.8. The van der Waals surface area contributed by atoms with Gasteiger partial charge in [-0.1, -0.05) is 0 Å². The summed E-state index contributed by atoms with van der Waals surface area (Å²) < 4.78 is 7.10. The van der Waals surface area contributed by atoms with Crippen LogP contribution in [0.25, 0.3) is 0 Å². The van der Waals surface area contributed by atoms with Gasteiger partial charge in [-0.05, 0) is 26.8 Å². The molecule has 110 valence electrons. The van der Waals surface area contributed by atoms with E-state index in [1.54, 1.807) is 4.90 Å². The van der Waals surface area contributed by atoms with Gasteiger partial charge in [-0.3, -0.25) is 9.59 Å². The Labute approximate surface area is 118 Å². The predicted octanol–water partition coefficient (Wildman–Crippen LogP) is 0.456. The van der Waals surface area contributed by atoms with Gasteiger partial charge < -0.3 is 19.9 Å². The van der Waals surface area contributed by atoms with Crippen molar-refractivity contribution in [1.82, 2.24) is 9.47 Å². The molecule has 1 fully saturated rings. The van der Waals surface area contributed by atoms with Crippen molar-refractivity contribution in [2.24, 2.45) is 0 Å². The van der Waals surface area contributed by atoms with Gasteiger partial charge in [0, 0.05) is 31.0 Å². The summed E-state index contributed by atoms with van der Waals surface area (Å²) in [6, 6.07) is 2.90. The van der Waals surface area contributed by atoms with Gasteiger partial charge in [-0.25, -0.2) is 0 Å². The summed E-state index contributed by atoms with van der Waals surface area (Å²) in [4.78, 5) is 25.8. The van der Waals surface area contributed by atoms with E-state index in [0.717, 1.165) is 0 Å². The van der Waals surface area contributed by atoms with E-state index < -0.39 is 0 Å². The van der Waals surface area contributed by atoms with E-state index in [1.165, 1.54) is 22.9 Å². The molecule has 1 unspecified atom stereocenters. The first-order valence-corrected chi connectivity index (χ1v) is 6.68. The van der Waals surface area contributed by atoms with Crippen LogP contribution in [-0.2, 0) is 16.1 Å². The summed E-state index contributed by atoms with van der Waals surface area (Å²) in [6.07, 6.45) is 1.48. The molecule has 0 aliphatic carbocycles. The molecule has 1 aromatic rings. The average Bonchev–Trinajstić information content (AvgIpc) is 2.31. The molecule has 0 spiro atoms. The van der Waals surface area contributed by atoms with Gasteiger partial charge in [0.25, 0.3) is 5.56 Å². The summed E-state index contributed by atoms with van der Waals surface area (Å²) in [5.74, 6) is -0.0964. The highest BCUT2D eigenvalue weighted by molar-refractivity contribution is 5.76. The lowest BCUT2D eigenvalue weighted by molar-refractivity contribution is -0.158. The number of morpholine rings is 1. The van der Waals surface area contributed by atoms with Gasteiger partial charge in [-0.15, -0.1) is 0 Å². The number of ether oxygens (including phenoxy) is 1. The van der Waals surface area contributed by atoms with Crippen LogP contribution in [0.2, 0.25) is 0 Å². The number of anilines is 1. The molecule has 2 N–H and O–H groups in total. The molecule has 20 heavy (non-hydrogen) atoms. The van der Waals surface area contributed by atoms with Crippen molar-refractivity contribution in [2.45, 2.75) is 39.0 Å². The van der Waals surface area contributed by atoms with E-state index in [0.29, 0.717) is 18.8 Å². The van der Waals surface area contributed by atoms with Crippen molar-refractivity contribution in [2.75, 3.05) is 18.8 Å². The molecular formula is C14H21N3O3. The molecule has 1 aliphatic heterocycles. The fraction of sp³-hybridized carbons (Fsp3) is 0.571. The van der Waals surface area contributed by atoms with E-state index in [1.807, 2.05) is 20.8 Å². The summed E-state index contributed by atoms with van der Waals surface area (Å²) in [5.41, 5.74) is 5.51. The zero-order valence-corrected chi connectivity index (χ0v) is 12.1. The van der Waals surface area contributed by atoms with E-state index in [-0.39, 0.29) is 29.7 Å². The predicted molar refractivity (Wildman–Crippen MR) is 76.3 cm³/mol. The number of hydrogen-bond donors (Lipinski definition) is 1. The number of pyridine rings is 1. The zero-order chi connectivity index (χ0) is 14.9. The maximum Gasteiger partial charge on any atom is 0.251 e. The molecule has 0 radical (unpaired) electrons. The summed E-state index contributed by atoms with van der Waals surface area (Å²) in [6.45, 7) is 6.92. The maximum absolute atomic E-state index is 12.3. The van der Waals surface area contributed by atoms with Crippen LogP contribution in [0.4, 0.5) is 5.69 Å². The fourth-order valence-electron chi connectivity index (χ4n) is 2.56. The number of amides is 1. The number of nitrogens with zero attached hydrogens (tertiary/aromatic N) is 2. The van der Waals surface area contributed by atoms with Crippen molar-refractivity contribution < 1.29 is 9.53 Å². The largest absolute Gasteiger partial charge is 0.398 e. The zero-order valence-electron chi connectivity index (χ0n) is 12.1. The van der Waals surface area contributed by atoms with E-state index >= 15 is 0 Å². The van der Waals surface area contributed by atoms with Gasteiger partial charge in [0.05, 0.1) is 11.7 Å². The summed E-state index contributed by atoms with van der Waals surface area (Å²) >= 11 is 0. The molecule has 0 saturated carbocycles. The topological polar surface area (TPSA) is 77.6 Å². The van der Waals surface area contributed by atoms with Gasteiger partial charge in [0.15, 0.2) is 0 Å².